The molecule has 0 bridgehead atoms. The Kier molecular flexibility index (Phi) is 4.31. The van der Waals surface area contributed by atoms with Gasteiger partial charge in [-0.05, 0) is 12.0 Å². The van der Waals surface area contributed by atoms with Gasteiger partial charge in [-0.3, -0.25) is 4.79 Å². The molecule has 0 saturated heterocycles. The Morgan fingerprint density at radius 2 is 1.55 bits per heavy atom. The minimum Gasteiger partial charge on any atom is -0.302 e. The van der Waals surface area contributed by atoms with Crippen molar-refractivity contribution in [2.75, 3.05) is 0 Å². The number of hydrogen-bond acceptors (Lipinski definition) is 3. The fourth-order valence-corrected chi connectivity index (χ4v) is 1.61. The van der Waals surface area contributed by atoms with Gasteiger partial charge in [0.25, 0.3) is 0 Å². The lowest BCUT2D eigenvalue weighted by molar-refractivity contribution is -0.188. The van der Waals surface area contributed by atoms with Crippen LogP contribution in [0.5, 0.6) is 0 Å². The molecule has 0 unspecified atom stereocenters. The summed E-state index contributed by atoms with van der Waals surface area (Å²) in [4.78, 5) is 12.2. The fourth-order valence-electron chi connectivity index (χ4n) is 1.61. The van der Waals surface area contributed by atoms with Crippen molar-refractivity contribution in [3.63, 3.8) is 0 Å². The van der Waals surface area contributed by atoms with Crippen molar-refractivity contribution in [2.24, 2.45) is 16.9 Å². The van der Waals surface area contributed by atoms with E-state index < -0.39 is 17.3 Å². The second kappa shape index (κ2) is 5.18. The van der Waals surface area contributed by atoms with Crippen LogP contribution in [-0.4, -0.2) is 12.0 Å². The van der Waals surface area contributed by atoms with Gasteiger partial charge in [-0.1, -0.05) is 45.0 Å². The molecule has 20 heavy (non-hydrogen) atoms. The van der Waals surface area contributed by atoms with Crippen LogP contribution < -0.4 is 11.5 Å². The van der Waals surface area contributed by atoms with Gasteiger partial charge in [0.05, 0.1) is 0 Å². The first-order chi connectivity index (χ1) is 8.93. The highest BCUT2D eigenvalue weighted by Crippen LogP contribution is 2.33. The van der Waals surface area contributed by atoms with E-state index in [4.69, 9.17) is 11.5 Å². The molecule has 1 aromatic rings. The van der Waals surface area contributed by atoms with Crippen molar-refractivity contribution >= 4 is 5.78 Å². The first-order valence-corrected chi connectivity index (χ1v) is 6.23. The third-order valence-electron chi connectivity index (χ3n) is 3.59. The summed E-state index contributed by atoms with van der Waals surface area (Å²) in [6.07, 6.45) is -4.13. The average molecular weight is 288 g/mol. The molecule has 0 heterocycles. The molecule has 4 N–H and O–H groups in total. The van der Waals surface area contributed by atoms with Crippen LogP contribution in [-0.2, 0) is 5.66 Å². The second-order valence-electron chi connectivity index (χ2n) is 5.51. The normalized spacial score (nSPS) is 13.4. The summed E-state index contributed by atoms with van der Waals surface area (Å²) in [6.45, 7) is 5.45. The molecule has 0 amide bonds. The van der Waals surface area contributed by atoms with Gasteiger partial charge < -0.3 is 11.5 Å². The molecule has 0 radical (unpaired) electrons. The van der Waals surface area contributed by atoms with E-state index >= 15 is 0 Å². The minimum atomic E-state index is -4.76. The first-order valence-electron chi connectivity index (χ1n) is 6.23. The summed E-state index contributed by atoms with van der Waals surface area (Å²) in [6, 6.07) is 4.95. The maximum atomic E-state index is 12.7. The molecule has 112 valence electrons. The van der Waals surface area contributed by atoms with Gasteiger partial charge in [-0.25, -0.2) is 0 Å². The highest BCUT2D eigenvalue weighted by molar-refractivity contribution is 6.00. The minimum absolute atomic E-state index is 0.127. The highest BCUT2D eigenvalue weighted by Gasteiger charge is 2.50. The smallest absolute Gasteiger partial charge is 0.302 e. The van der Waals surface area contributed by atoms with Crippen LogP contribution in [0.15, 0.2) is 24.3 Å². The van der Waals surface area contributed by atoms with Gasteiger partial charge >= 0.3 is 6.18 Å². The van der Waals surface area contributed by atoms with Crippen LogP contribution in [0.25, 0.3) is 0 Å². The van der Waals surface area contributed by atoms with Gasteiger partial charge in [-0.15, -0.1) is 0 Å². The Hall–Kier alpha value is -1.40. The number of nitrogens with two attached hydrogens (primary N) is 2. The summed E-state index contributed by atoms with van der Waals surface area (Å²) in [5, 5.41) is 0. The fraction of sp³-hybridized carbons (Fsp3) is 0.500. The molecule has 1 aromatic carbocycles. The topological polar surface area (TPSA) is 69.1 Å². The monoisotopic (exact) mass is 288 g/mol. The van der Waals surface area contributed by atoms with Crippen molar-refractivity contribution in [1.82, 2.24) is 0 Å². The van der Waals surface area contributed by atoms with E-state index in [0.717, 1.165) is 12.1 Å². The first kappa shape index (κ1) is 16.7. The number of carbonyl (C=O) groups is 1. The predicted molar refractivity (Wildman–Crippen MR) is 71.0 cm³/mol. The number of rotatable bonds is 4. The van der Waals surface area contributed by atoms with E-state index in [1.54, 1.807) is 13.8 Å². The Bertz CT molecular complexity index is 490. The quantitative estimate of drug-likeness (QED) is 0.661. The third kappa shape index (κ3) is 3.02. The summed E-state index contributed by atoms with van der Waals surface area (Å²) in [5.74, 6) is -0.127. The zero-order valence-corrected chi connectivity index (χ0v) is 11.7. The SMILES string of the molecule is CCC(C)(C)C(=O)c1ccc(C(N)(N)C(F)(F)F)cc1. The number of hydrogen-bond donors (Lipinski definition) is 2. The summed E-state index contributed by atoms with van der Waals surface area (Å²) in [7, 11) is 0. The predicted octanol–water partition coefficient (Wildman–Crippen LogP) is 2.94. The van der Waals surface area contributed by atoms with E-state index in [1.165, 1.54) is 12.1 Å². The van der Waals surface area contributed by atoms with E-state index in [-0.39, 0.29) is 11.3 Å². The van der Waals surface area contributed by atoms with Crippen LogP contribution in [0, 0.1) is 5.41 Å². The Balaban J connectivity index is 3.10. The van der Waals surface area contributed by atoms with Crippen LogP contribution in [0.3, 0.4) is 0 Å². The van der Waals surface area contributed by atoms with E-state index in [2.05, 4.69) is 0 Å². The Morgan fingerprint density at radius 3 is 1.90 bits per heavy atom. The molecular formula is C14H19F3N2O. The lowest BCUT2D eigenvalue weighted by Gasteiger charge is -2.28. The number of ketones is 1. The lowest BCUT2D eigenvalue weighted by Crippen LogP contribution is -2.57. The number of alkyl halides is 3. The molecule has 1 rings (SSSR count). The molecule has 0 aliphatic rings. The van der Waals surface area contributed by atoms with Crippen molar-refractivity contribution in [2.45, 2.75) is 39.0 Å². The van der Waals surface area contributed by atoms with Crippen LogP contribution in [0.1, 0.15) is 43.1 Å². The van der Waals surface area contributed by atoms with Gasteiger partial charge in [-0.2, -0.15) is 13.2 Å². The third-order valence-corrected chi connectivity index (χ3v) is 3.59. The van der Waals surface area contributed by atoms with Crippen LogP contribution >= 0.6 is 0 Å². The molecule has 0 spiro atoms. The van der Waals surface area contributed by atoms with Crippen molar-refractivity contribution < 1.29 is 18.0 Å². The highest BCUT2D eigenvalue weighted by atomic mass is 19.4. The number of halogens is 3. The van der Waals surface area contributed by atoms with Gasteiger partial charge in [0.15, 0.2) is 11.4 Å². The van der Waals surface area contributed by atoms with Gasteiger partial charge in [0.2, 0.25) is 0 Å². The standard InChI is InChI=1S/C14H19F3N2O/c1-4-12(2,3)11(20)9-5-7-10(8-6-9)13(18,19)14(15,16)17/h5-8H,4,18-19H2,1-3H3. The molecule has 0 fully saturated rings. The van der Waals surface area contributed by atoms with Crippen LogP contribution in [0.4, 0.5) is 13.2 Å². The van der Waals surface area contributed by atoms with E-state index in [9.17, 15) is 18.0 Å². The number of Topliss-reactive ketones (excluding diaryl/α,β-unsaturated/α-hetero) is 1. The summed E-state index contributed by atoms with van der Waals surface area (Å²) >= 11 is 0. The number of carbonyl (C=O) groups excluding carboxylic acids is 1. The second-order valence-corrected chi connectivity index (χ2v) is 5.51. The van der Waals surface area contributed by atoms with Crippen molar-refractivity contribution in [3.05, 3.63) is 35.4 Å². The molecule has 6 heteroatoms. The molecule has 0 atom stereocenters. The molecule has 3 nitrogen and oxygen atoms in total. The Labute approximate surface area is 116 Å². The lowest BCUT2D eigenvalue weighted by atomic mass is 9.81. The zero-order chi connectivity index (χ0) is 15.8. The van der Waals surface area contributed by atoms with E-state index in [1.807, 2.05) is 6.92 Å². The van der Waals surface area contributed by atoms with Gasteiger partial charge in [0.1, 0.15) is 0 Å². The van der Waals surface area contributed by atoms with Crippen molar-refractivity contribution in [1.29, 1.82) is 0 Å². The van der Waals surface area contributed by atoms with E-state index in [0.29, 0.717) is 12.0 Å². The largest absolute Gasteiger partial charge is 0.423 e. The van der Waals surface area contributed by atoms with Gasteiger partial charge in [0, 0.05) is 11.0 Å². The molecule has 0 aliphatic heterocycles. The average Bonchev–Trinajstić information content (AvgIpc) is 2.36. The maximum absolute atomic E-state index is 12.7. The Morgan fingerprint density at radius 1 is 1.10 bits per heavy atom. The molecule has 0 aromatic heterocycles. The molecule has 0 aliphatic carbocycles. The summed E-state index contributed by atoms with van der Waals surface area (Å²) < 4.78 is 38.1. The van der Waals surface area contributed by atoms with Crippen molar-refractivity contribution in [3.8, 4) is 0 Å². The molecular weight excluding hydrogens is 269 g/mol. The maximum Gasteiger partial charge on any atom is 0.423 e. The summed E-state index contributed by atoms with van der Waals surface area (Å²) in [5.41, 5.74) is 6.82. The zero-order valence-electron chi connectivity index (χ0n) is 11.7. The van der Waals surface area contributed by atoms with Crippen LogP contribution in [0.2, 0.25) is 0 Å². The number of benzene rings is 1. The molecule has 0 saturated carbocycles.